The minimum Gasteiger partial charge on any atom is -0.393 e. The molecule has 1 rings (SSSR count). The van der Waals surface area contributed by atoms with Crippen molar-refractivity contribution < 1.29 is 0 Å². The van der Waals surface area contributed by atoms with Crippen molar-refractivity contribution >= 4 is 17.2 Å². The molecule has 4 heteroatoms. The van der Waals surface area contributed by atoms with Crippen LogP contribution in [0.1, 0.15) is 18.4 Å². The number of aromatic nitrogens is 2. The first-order chi connectivity index (χ1) is 5.68. The Morgan fingerprint density at radius 2 is 2.50 bits per heavy atom. The molecule has 0 aliphatic heterocycles. The number of thiocarbonyl (C=S) groups is 1. The maximum absolute atomic E-state index is 5.36. The largest absolute Gasteiger partial charge is 0.393 e. The molecule has 2 N–H and O–H groups in total. The predicted octanol–water partition coefficient (Wildman–Crippen LogP) is 1.26. The molecule has 0 saturated carbocycles. The molecule has 66 valence electrons. The van der Waals surface area contributed by atoms with Crippen LogP contribution in [-0.4, -0.2) is 14.8 Å². The quantitative estimate of drug-likeness (QED) is 0.715. The molecule has 12 heavy (non-hydrogen) atoms. The van der Waals surface area contributed by atoms with Gasteiger partial charge in [0.05, 0.1) is 11.2 Å². The van der Waals surface area contributed by atoms with Gasteiger partial charge in [-0.2, -0.15) is 5.10 Å². The maximum atomic E-state index is 5.36. The summed E-state index contributed by atoms with van der Waals surface area (Å²) in [5, 5.41) is 4.15. The Morgan fingerprint density at radius 1 is 1.75 bits per heavy atom. The van der Waals surface area contributed by atoms with Gasteiger partial charge in [-0.3, -0.25) is 4.68 Å². The fourth-order valence-corrected chi connectivity index (χ4v) is 1.15. The monoisotopic (exact) mass is 183 g/mol. The van der Waals surface area contributed by atoms with E-state index in [0.29, 0.717) is 4.99 Å². The fourth-order valence-electron chi connectivity index (χ4n) is 1.00. The van der Waals surface area contributed by atoms with Crippen LogP contribution in [-0.2, 0) is 6.54 Å². The molecule has 0 aliphatic carbocycles. The Morgan fingerprint density at radius 3 is 3.00 bits per heavy atom. The highest BCUT2D eigenvalue weighted by molar-refractivity contribution is 7.80. The second-order valence-electron chi connectivity index (χ2n) is 2.85. The highest BCUT2D eigenvalue weighted by Gasteiger charge is 1.94. The SMILES string of the molecule is Cc1cnn(CCCC(N)=S)c1. The molecule has 0 saturated heterocycles. The zero-order chi connectivity index (χ0) is 8.97. The number of nitrogens with zero attached hydrogens (tertiary/aromatic N) is 2. The third kappa shape index (κ3) is 3.00. The van der Waals surface area contributed by atoms with Crippen LogP contribution in [0.5, 0.6) is 0 Å². The van der Waals surface area contributed by atoms with E-state index in [-0.39, 0.29) is 0 Å². The van der Waals surface area contributed by atoms with E-state index in [4.69, 9.17) is 18.0 Å². The molecule has 0 fully saturated rings. The van der Waals surface area contributed by atoms with Crippen molar-refractivity contribution in [3.05, 3.63) is 18.0 Å². The third-order valence-corrected chi connectivity index (χ3v) is 1.78. The first kappa shape index (κ1) is 9.19. The van der Waals surface area contributed by atoms with E-state index in [1.165, 1.54) is 5.56 Å². The molecular formula is C8H13N3S. The Kier molecular flexibility index (Phi) is 3.22. The van der Waals surface area contributed by atoms with Gasteiger partial charge < -0.3 is 5.73 Å². The summed E-state index contributed by atoms with van der Waals surface area (Å²) < 4.78 is 1.91. The molecule has 1 aromatic heterocycles. The lowest BCUT2D eigenvalue weighted by atomic mass is 10.3. The van der Waals surface area contributed by atoms with Crippen LogP contribution in [0.2, 0.25) is 0 Å². The summed E-state index contributed by atoms with van der Waals surface area (Å²) in [5.41, 5.74) is 6.55. The Hall–Kier alpha value is -0.900. The zero-order valence-electron chi connectivity index (χ0n) is 7.16. The number of aryl methyl sites for hydroxylation is 2. The molecule has 3 nitrogen and oxygen atoms in total. The van der Waals surface area contributed by atoms with Gasteiger partial charge >= 0.3 is 0 Å². The first-order valence-corrected chi connectivity index (χ1v) is 4.36. The van der Waals surface area contributed by atoms with Gasteiger partial charge in [0.25, 0.3) is 0 Å². The normalized spacial score (nSPS) is 10.1. The molecule has 0 spiro atoms. The molecule has 1 heterocycles. The summed E-state index contributed by atoms with van der Waals surface area (Å²) in [6, 6.07) is 0. The van der Waals surface area contributed by atoms with Crippen molar-refractivity contribution in [3.63, 3.8) is 0 Å². The summed E-state index contributed by atoms with van der Waals surface area (Å²) in [6.07, 6.45) is 5.63. The van der Waals surface area contributed by atoms with Crippen LogP contribution in [0.25, 0.3) is 0 Å². The smallest absolute Gasteiger partial charge is 0.0728 e. The van der Waals surface area contributed by atoms with Crippen molar-refractivity contribution in [2.45, 2.75) is 26.3 Å². The van der Waals surface area contributed by atoms with Gasteiger partial charge in [-0.1, -0.05) is 12.2 Å². The van der Waals surface area contributed by atoms with Crippen LogP contribution >= 0.6 is 12.2 Å². The van der Waals surface area contributed by atoms with E-state index in [0.717, 1.165) is 19.4 Å². The molecule has 0 aromatic carbocycles. The van der Waals surface area contributed by atoms with Gasteiger partial charge in [-0.25, -0.2) is 0 Å². The topological polar surface area (TPSA) is 43.8 Å². The fraction of sp³-hybridized carbons (Fsp3) is 0.500. The Bertz CT molecular complexity index is 267. The predicted molar refractivity (Wildman–Crippen MR) is 53.0 cm³/mol. The van der Waals surface area contributed by atoms with Gasteiger partial charge in [0, 0.05) is 12.7 Å². The molecular weight excluding hydrogens is 170 g/mol. The van der Waals surface area contributed by atoms with Crippen molar-refractivity contribution in [1.82, 2.24) is 9.78 Å². The van der Waals surface area contributed by atoms with E-state index in [2.05, 4.69) is 5.10 Å². The zero-order valence-corrected chi connectivity index (χ0v) is 7.97. The number of nitrogens with two attached hydrogens (primary N) is 1. The van der Waals surface area contributed by atoms with Gasteiger partial charge in [-0.15, -0.1) is 0 Å². The van der Waals surface area contributed by atoms with E-state index in [1.54, 1.807) is 0 Å². The standard InChI is InChI=1S/C8H13N3S/c1-7-5-10-11(6-7)4-2-3-8(9)12/h5-6H,2-4H2,1H3,(H2,9,12). The molecule has 0 amide bonds. The van der Waals surface area contributed by atoms with E-state index in [1.807, 2.05) is 24.0 Å². The van der Waals surface area contributed by atoms with Crippen LogP contribution in [0, 0.1) is 6.92 Å². The number of hydrogen-bond acceptors (Lipinski definition) is 2. The van der Waals surface area contributed by atoms with Crippen molar-refractivity contribution in [2.75, 3.05) is 0 Å². The summed E-state index contributed by atoms with van der Waals surface area (Å²) >= 11 is 4.76. The van der Waals surface area contributed by atoms with Crippen LogP contribution in [0.15, 0.2) is 12.4 Å². The van der Waals surface area contributed by atoms with Crippen molar-refractivity contribution in [1.29, 1.82) is 0 Å². The second kappa shape index (κ2) is 4.21. The average Bonchev–Trinajstić information content (AvgIpc) is 2.35. The molecule has 0 atom stereocenters. The highest BCUT2D eigenvalue weighted by atomic mass is 32.1. The summed E-state index contributed by atoms with van der Waals surface area (Å²) in [5.74, 6) is 0. The van der Waals surface area contributed by atoms with Crippen LogP contribution < -0.4 is 5.73 Å². The number of hydrogen-bond donors (Lipinski definition) is 1. The van der Waals surface area contributed by atoms with E-state index in [9.17, 15) is 0 Å². The third-order valence-electron chi connectivity index (χ3n) is 1.57. The first-order valence-electron chi connectivity index (χ1n) is 3.96. The van der Waals surface area contributed by atoms with Gasteiger partial charge in [0.1, 0.15) is 0 Å². The Balaban J connectivity index is 2.29. The average molecular weight is 183 g/mol. The van der Waals surface area contributed by atoms with E-state index >= 15 is 0 Å². The molecule has 0 bridgehead atoms. The minimum absolute atomic E-state index is 0.582. The van der Waals surface area contributed by atoms with Crippen LogP contribution in [0.3, 0.4) is 0 Å². The molecule has 1 aromatic rings. The Labute approximate surface area is 77.6 Å². The minimum atomic E-state index is 0.582. The van der Waals surface area contributed by atoms with Crippen molar-refractivity contribution in [3.8, 4) is 0 Å². The molecule has 0 unspecified atom stereocenters. The highest BCUT2D eigenvalue weighted by Crippen LogP contribution is 1.97. The van der Waals surface area contributed by atoms with Gasteiger partial charge in [0.2, 0.25) is 0 Å². The van der Waals surface area contributed by atoms with Crippen molar-refractivity contribution in [2.24, 2.45) is 5.73 Å². The lowest BCUT2D eigenvalue weighted by Gasteiger charge is -1.99. The lowest BCUT2D eigenvalue weighted by molar-refractivity contribution is 0.589. The van der Waals surface area contributed by atoms with E-state index < -0.39 is 0 Å². The molecule has 0 radical (unpaired) electrons. The van der Waals surface area contributed by atoms with Gasteiger partial charge in [-0.05, 0) is 25.3 Å². The summed E-state index contributed by atoms with van der Waals surface area (Å²) in [6.45, 7) is 2.92. The van der Waals surface area contributed by atoms with Gasteiger partial charge in [0.15, 0.2) is 0 Å². The number of rotatable bonds is 4. The maximum Gasteiger partial charge on any atom is 0.0728 e. The van der Waals surface area contributed by atoms with Crippen LogP contribution in [0.4, 0.5) is 0 Å². The summed E-state index contributed by atoms with van der Waals surface area (Å²) in [7, 11) is 0. The lowest BCUT2D eigenvalue weighted by Crippen LogP contribution is -2.09. The summed E-state index contributed by atoms with van der Waals surface area (Å²) in [4.78, 5) is 0.582. The molecule has 0 aliphatic rings. The second-order valence-corrected chi connectivity index (χ2v) is 3.38.